The highest BCUT2D eigenvalue weighted by atomic mass is 32.2. The molecular weight excluding hydrogens is 565 g/mol. The molecule has 0 atom stereocenters. The lowest BCUT2D eigenvalue weighted by Gasteiger charge is -2.37. The van der Waals surface area contributed by atoms with Crippen LogP contribution in [0.15, 0.2) is 52.3 Å². The molecule has 0 spiro atoms. The molecular formula is C29H30FN5O4S2. The Labute approximate surface area is 246 Å². The number of benzene rings is 1. The van der Waals surface area contributed by atoms with Gasteiger partial charge < -0.3 is 14.9 Å². The number of carbonyl (C=O) groups excluding carboxylic acids is 1. The molecule has 0 bridgehead atoms. The number of halogens is 1. The Hall–Kier alpha value is -3.77. The molecule has 214 valence electrons. The second-order valence-corrected chi connectivity index (χ2v) is 11.7. The fourth-order valence-electron chi connectivity index (χ4n) is 5.04. The molecule has 12 heteroatoms. The van der Waals surface area contributed by atoms with Crippen LogP contribution in [0.25, 0.3) is 11.7 Å². The average molecular weight is 596 g/mol. The first kappa shape index (κ1) is 28.7. The van der Waals surface area contributed by atoms with E-state index >= 15 is 0 Å². The quantitative estimate of drug-likeness (QED) is 0.220. The number of thioether (sulfide) groups is 1. The zero-order valence-corrected chi connectivity index (χ0v) is 24.2. The molecule has 1 amide bonds. The smallest absolute Gasteiger partial charge is 0.303 e. The number of thiocarbonyl (C=S) groups is 1. The summed E-state index contributed by atoms with van der Waals surface area (Å²) in [6.07, 6.45) is 5.22. The first-order valence-corrected chi connectivity index (χ1v) is 14.7. The number of anilines is 2. The number of amides is 1. The fraction of sp³-hybridized carbons (Fsp3) is 0.345. The maximum absolute atomic E-state index is 13.8. The van der Waals surface area contributed by atoms with Gasteiger partial charge in [0, 0.05) is 51.0 Å². The van der Waals surface area contributed by atoms with Crippen LogP contribution in [0.1, 0.15) is 36.8 Å². The zero-order chi connectivity index (χ0) is 29.1. The van der Waals surface area contributed by atoms with Crippen molar-refractivity contribution in [3.8, 4) is 0 Å². The number of aliphatic carboxylic acids is 1. The third kappa shape index (κ3) is 6.28. The summed E-state index contributed by atoms with van der Waals surface area (Å²) in [5, 5.41) is 8.83. The molecule has 0 radical (unpaired) electrons. The van der Waals surface area contributed by atoms with Gasteiger partial charge in [-0.3, -0.25) is 23.7 Å². The largest absolute Gasteiger partial charge is 0.481 e. The molecule has 2 aromatic heterocycles. The summed E-state index contributed by atoms with van der Waals surface area (Å²) in [6.45, 7) is 4.79. The minimum Gasteiger partial charge on any atom is -0.481 e. The van der Waals surface area contributed by atoms with E-state index in [4.69, 9.17) is 22.3 Å². The Balaban J connectivity index is 1.42. The molecule has 2 fully saturated rings. The van der Waals surface area contributed by atoms with Gasteiger partial charge >= 0.3 is 5.97 Å². The average Bonchev–Trinajstić information content (AvgIpc) is 3.22. The number of nitrogens with zero attached hydrogens (tertiary/aromatic N) is 5. The molecule has 2 saturated heterocycles. The maximum Gasteiger partial charge on any atom is 0.303 e. The first-order valence-electron chi connectivity index (χ1n) is 13.5. The number of hydrogen-bond acceptors (Lipinski definition) is 8. The Morgan fingerprint density at radius 3 is 2.49 bits per heavy atom. The molecule has 2 aliphatic rings. The number of hydrogen-bond donors (Lipinski definition) is 1. The maximum atomic E-state index is 13.8. The minimum atomic E-state index is -0.836. The van der Waals surface area contributed by atoms with E-state index in [1.165, 1.54) is 21.4 Å². The number of carbonyl (C=O) groups is 2. The van der Waals surface area contributed by atoms with E-state index in [1.54, 1.807) is 30.5 Å². The number of aryl methyl sites for hydroxylation is 1. The third-order valence-electron chi connectivity index (χ3n) is 7.26. The van der Waals surface area contributed by atoms with E-state index in [2.05, 4.69) is 9.80 Å². The van der Waals surface area contributed by atoms with Gasteiger partial charge in [-0.1, -0.05) is 36.5 Å². The molecule has 41 heavy (non-hydrogen) atoms. The third-order valence-corrected chi connectivity index (χ3v) is 8.63. The summed E-state index contributed by atoms with van der Waals surface area (Å²) in [5.41, 5.74) is 2.40. The van der Waals surface area contributed by atoms with E-state index in [1.807, 2.05) is 13.0 Å². The summed E-state index contributed by atoms with van der Waals surface area (Å²) in [6, 6.07) is 10.1. The second kappa shape index (κ2) is 12.4. The Morgan fingerprint density at radius 2 is 1.78 bits per heavy atom. The van der Waals surface area contributed by atoms with Crippen LogP contribution in [-0.4, -0.2) is 68.3 Å². The first-order chi connectivity index (χ1) is 19.7. The number of pyridine rings is 1. The SMILES string of the molecule is Cc1cccn2c(=O)c(C=C3SC(=S)N(CCCCCC(=O)O)C3=O)c(N3CCN(c4ccc(F)cc4)CC3)nc12. The summed E-state index contributed by atoms with van der Waals surface area (Å²) in [4.78, 5) is 48.9. The number of fused-ring (bicyclic) bond motifs is 1. The molecule has 1 N–H and O–H groups in total. The number of carboxylic acid groups (broad SMARTS) is 1. The molecule has 2 aliphatic heterocycles. The normalized spacial score (nSPS) is 16.8. The number of carboxylic acids is 1. The van der Waals surface area contributed by atoms with Gasteiger partial charge in [0.25, 0.3) is 11.5 Å². The predicted molar refractivity (Wildman–Crippen MR) is 163 cm³/mol. The van der Waals surface area contributed by atoms with Gasteiger partial charge in [0.15, 0.2) is 0 Å². The van der Waals surface area contributed by atoms with Crippen molar-refractivity contribution in [3.05, 3.63) is 74.8 Å². The van der Waals surface area contributed by atoms with Gasteiger partial charge in [0.2, 0.25) is 0 Å². The Morgan fingerprint density at radius 1 is 1.07 bits per heavy atom. The summed E-state index contributed by atoms with van der Waals surface area (Å²) in [5.74, 6) is -0.866. The molecule has 9 nitrogen and oxygen atoms in total. The number of unbranched alkanes of at least 4 members (excludes halogenated alkanes) is 2. The predicted octanol–water partition coefficient (Wildman–Crippen LogP) is 4.31. The molecule has 0 saturated carbocycles. The molecule has 0 unspecified atom stereocenters. The number of rotatable bonds is 9. The Bertz CT molecular complexity index is 1580. The van der Waals surface area contributed by atoms with Crippen molar-refractivity contribution in [3.63, 3.8) is 0 Å². The highest BCUT2D eigenvalue weighted by Crippen LogP contribution is 2.34. The van der Waals surface area contributed by atoms with Gasteiger partial charge in [-0.05, 0) is 61.7 Å². The van der Waals surface area contributed by atoms with Crippen molar-refractivity contribution < 1.29 is 19.1 Å². The summed E-state index contributed by atoms with van der Waals surface area (Å²) >= 11 is 6.64. The van der Waals surface area contributed by atoms with Gasteiger partial charge in [-0.25, -0.2) is 9.37 Å². The molecule has 0 aliphatic carbocycles. The lowest BCUT2D eigenvalue weighted by atomic mass is 10.1. The van der Waals surface area contributed by atoms with E-state index in [-0.39, 0.29) is 23.7 Å². The second-order valence-electron chi connectivity index (χ2n) is 10.0. The van der Waals surface area contributed by atoms with Crippen LogP contribution in [-0.2, 0) is 9.59 Å². The van der Waals surface area contributed by atoms with Crippen LogP contribution < -0.4 is 15.4 Å². The van der Waals surface area contributed by atoms with E-state index in [0.717, 1.165) is 23.0 Å². The molecule has 4 heterocycles. The standard InChI is InChI=1S/C29H30FN5O4S2/c1-19-6-5-13-34-25(19)31-26(33-16-14-32(15-17-33)21-10-8-20(30)9-11-21)22(27(34)38)18-23-28(39)35(29(40)41-23)12-4-2-3-7-24(36)37/h5-6,8-11,13,18H,2-4,7,12,14-17H2,1H3,(H,36,37). The summed E-state index contributed by atoms with van der Waals surface area (Å²) in [7, 11) is 0. The van der Waals surface area contributed by atoms with Crippen LogP contribution in [0.4, 0.5) is 15.9 Å². The van der Waals surface area contributed by atoms with Gasteiger partial charge in [0.05, 0.1) is 10.5 Å². The highest BCUT2D eigenvalue weighted by molar-refractivity contribution is 8.26. The minimum absolute atomic E-state index is 0.0949. The number of piperazine rings is 1. The van der Waals surface area contributed by atoms with Crippen molar-refractivity contribution >= 4 is 63.4 Å². The van der Waals surface area contributed by atoms with Gasteiger partial charge in [-0.15, -0.1) is 0 Å². The van der Waals surface area contributed by atoms with Crippen LogP contribution in [0, 0.1) is 12.7 Å². The van der Waals surface area contributed by atoms with E-state index < -0.39 is 5.97 Å². The lowest BCUT2D eigenvalue weighted by molar-refractivity contribution is -0.137. The molecule has 5 rings (SSSR count). The zero-order valence-electron chi connectivity index (χ0n) is 22.6. The van der Waals surface area contributed by atoms with Crippen LogP contribution in [0.2, 0.25) is 0 Å². The van der Waals surface area contributed by atoms with Gasteiger partial charge in [-0.2, -0.15) is 0 Å². The molecule has 1 aromatic carbocycles. The fourth-order valence-corrected chi connectivity index (χ4v) is 6.33. The van der Waals surface area contributed by atoms with Crippen molar-refractivity contribution in [2.45, 2.75) is 32.6 Å². The topological polar surface area (TPSA) is 98.5 Å². The van der Waals surface area contributed by atoms with Crippen molar-refractivity contribution in [2.24, 2.45) is 0 Å². The number of aromatic nitrogens is 2. The van der Waals surface area contributed by atoms with E-state index in [0.29, 0.717) is 78.2 Å². The van der Waals surface area contributed by atoms with Crippen molar-refractivity contribution in [1.82, 2.24) is 14.3 Å². The van der Waals surface area contributed by atoms with E-state index in [9.17, 15) is 18.8 Å². The summed E-state index contributed by atoms with van der Waals surface area (Å²) < 4.78 is 15.3. The van der Waals surface area contributed by atoms with Gasteiger partial charge in [0.1, 0.15) is 21.6 Å². The monoisotopic (exact) mass is 595 g/mol. The van der Waals surface area contributed by atoms with Crippen molar-refractivity contribution in [2.75, 3.05) is 42.5 Å². The Kier molecular flexibility index (Phi) is 8.69. The van der Waals surface area contributed by atoms with Crippen LogP contribution >= 0.6 is 24.0 Å². The van der Waals surface area contributed by atoms with Crippen LogP contribution in [0.5, 0.6) is 0 Å². The van der Waals surface area contributed by atoms with Crippen LogP contribution in [0.3, 0.4) is 0 Å². The highest BCUT2D eigenvalue weighted by Gasteiger charge is 2.33. The molecule has 3 aromatic rings. The van der Waals surface area contributed by atoms with Crippen molar-refractivity contribution in [1.29, 1.82) is 0 Å². The lowest BCUT2D eigenvalue weighted by Crippen LogP contribution is -2.47.